The number of likely N-dealkylation sites (tertiary alicyclic amines) is 1. The van der Waals surface area contributed by atoms with Crippen LogP contribution in [0.1, 0.15) is 19.3 Å². The van der Waals surface area contributed by atoms with Gasteiger partial charge in [0.2, 0.25) is 5.91 Å². The van der Waals surface area contributed by atoms with Crippen molar-refractivity contribution >= 4 is 23.6 Å². The molecule has 1 amide bonds. The van der Waals surface area contributed by atoms with Crippen molar-refractivity contribution in [2.24, 2.45) is 0 Å². The van der Waals surface area contributed by atoms with Crippen LogP contribution in [0, 0.1) is 11.6 Å². The molecule has 7 heteroatoms. The SMILES string of the molecule is COC(=O)C1CCCCN1C(=O)CSc1ccc(F)c(F)c1. The van der Waals surface area contributed by atoms with E-state index in [0.717, 1.165) is 36.7 Å². The highest BCUT2D eigenvalue weighted by atomic mass is 32.2. The van der Waals surface area contributed by atoms with Crippen molar-refractivity contribution in [3.05, 3.63) is 29.8 Å². The zero-order valence-electron chi connectivity index (χ0n) is 12.2. The summed E-state index contributed by atoms with van der Waals surface area (Å²) in [4.78, 5) is 26.0. The summed E-state index contributed by atoms with van der Waals surface area (Å²) >= 11 is 1.12. The number of hydrogen-bond acceptors (Lipinski definition) is 4. The Morgan fingerprint density at radius 1 is 1.32 bits per heavy atom. The van der Waals surface area contributed by atoms with Crippen LogP contribution in [0.2, 0.25) is 0 Å². The molecule has 1 aromatic rings. The molecule has 0 aromatic heterocycles. The minimum atomic E-state index is -0.942. The van der Waals surface area contributed by atoms with E-state index >= 15 is 0 Å². The average Bonchev–Trinajstić information content (AvgIpc) is 2.55. The summed E-state index contributed by atoms with van der Waals surface area (Å²) in [5, 5.41) is 0. The van der Waals surface area contributed by atoms with Crippen LogP contribution in [-0.4, -0.2) is 42.2 Å². The van der Waals surface area contributed by atoms with E-state index < -0.39 is 23.6 Å². The highest BCUT2D eigenvalue weighted by Crippen LogP contribution is 2.23. The maximum absolute atomic E-state index is 13.1. The summed E-state index contributed by atoms with van der Waals surface area (Å²) in [6.45, 7) is 0.511. The van der Waals surface area contributed by atoms with Crippen molar-refractivity contribution in [2.45, 2.75) is 30.2 Å². The fourth-order valence-corrected chi connectivity index (χ4v) is 3.21. The number of rotatable bonds is 4. The maximum Gasteiger partial charge on any atom is 0.328 e. The predicted octanol–water partition coefficient (Wildman–Crippen LogP) is 2.61. The molecular weight excluding hydrogens is 312 g/mol. The number of esters is 1. The summed E-state index contributed by atoms with van der Waals surface area (Å²) in [6.07, 6.45) is 2.31. The number of hydrogen-bond donors (Lipinski definition) is 0. The van der Waals surface area contributed by atoms with Crippen molar-refractivity contribution in [3.63, 3.8) is 0 Å². The van der Waals surface area contributed by atoms with E-state index in [2.05, 4.69) is 0 Å². The summed E-state index contributed by atoms with van der Waals surface area (Å²) in [5.41, 5.74) is 0. The van der Waals surface area contributed by atoms with Gasteiger partial charge < -0.3 is 9.64 Å². The summed E-state index contributed by atoms with van der Waals surface area (Å²) in [7, 11) is 1.30. The number of ether oxygens (including phenoxy) is 1. The quantitative estimate of drug-likeness (QED) is 0.629. The summed E-state index contributed by atoms with van der Waals surface area (Å²) < 4.78 is 30.7. The van der Waals surface area contributed by atoms with Crippen LogP contribution in [0.4, 0.5) is 8.78 Å². The molecule has 0 saturated carbocycles. The number of carbonyl (C=O) groups is 2. The van der Waals surface area contributed by atoms with Gasteiger partial charge in [0.1, 0.15) is 6.04 Å². The molecule has 4 nitrogen and oxygen atoms in total. The Balaban J connectivity index is 1.97. The lowest BCUT2D eigenvalue weighted by molar-refractivity contribution is -0.153. The average molecular weight is 329 g/mol. The number of benzene rings is 1. The van der Waals surface area contributed by atoms with Gasteiger partial charge in [-0.2, -0.15) is 0 Å². The van der Waals surface area contributed by atoms with Crippen LogP contribution in [0.25, 0.3) is 0 Å². The first kappa shape index (κ1) is 16.7. The minimum Gasteiger partial charge on any atom is -0.467 e. The molecule has 1 aliphatic heterocycles. The third-order valence-corrected chi connectivity index (χ3v) is 4.53. The van der Waals surface area contributed by atoms with Gasteiger partial charge >= 0.3 is 5.97 Å². The van der Waals surface area contributed by atoms with Gasteiger partial charge in [-0.1, -0.05) is 0 Å². The second-order valence-corrected chi connectivity index (χ2v) is 6.04. The summed E-state index contributed by atoms with van der Waals surface area (Å²) in [6, 6.07) is 2.96. The summed E-state index contributed by atoms with van der Waals surface area (Å²) in [5.74, 6) is -2.41. The van der Waals surface area contributed by atoms with Gasteiger partial charge in [0, 0.05) is 11.4 Å². The van der Waals surface area contributed by atoms with Gasteiger partial charge in [-0.05, 0) is 37.5 Å². The molecular formula is C15H17F2NO3S. The van der Waals surface area contributed by atoms with Crippen molar-refractivity contribution < 1.29 is 23.1 Å². The predicted molar refractivity (Wildman–Crippen MR) is 78.5 cm³/mol. The van der Waals surface area contributed by atoms with E-state index in [0.29, 0.717) is 17.9 Å². The number of nitrogens with zero attached hydrogens (tertiary/aromatic N) is 1. The Labute approximate surface area is 131 Å². The van der Waals surface area contributed by atoms with Crippen LogP contribution in [-0.2, 0) is 14.3 Å². The minimum absolute atomic E-state index is 0.0680. The topological polar surface area (TPSA) is 46.6 Å². The van der Waals surface area contributed by atoms with Crippen LogP contribution >= 0.6 is 11.8 Å². The van der Waals surface area contributed by atoms with E-state index in [4.69, 9.17) is 4.74 Å². The number of amides is 1. The first-order chi connectivity index (χ1) is 10.5. The largest absolute Gasteiger partial charge is 0.467 e. The lowest BCUT2D eigenvalue weighted by atomic mass is 10.0. The molecule has 0 N–H and O–H groups in total. The van der Waals surface area contributed by atoms with Gasteiger partial charge in [0.25, 0.3) is 0 Å². The van der Waals surface area contributed by atoms with E-state index in [9.17, 15) is 18.4 Å². The number of halogens is 2. The van der Waals surface area contributed by atoms with E-state index in [-0.39, 0.29) is 11.7 Å². The first-order valence-corrected chi connectivity index (χ1v) is 7.96. The zero-order chi connectivity index (χ0) is 16.1. The molecule has 0 radical (unpaired) electrons. The van der Waals surface area contributed by atoms with Crippen molar-refractivity contribution in [3.8, 4) is 0 Å². The second kappa shape index (κ2) is 7.58. The normalized spacial score (nSPS) is 18.1. The van der Waals surface area contributed by atoms with Crippen molar-refractivity contribution in [1.29, 1.82) is 0 Å². The van der Waals surface area contributed by atoms with Crippen LogP contribution in [0.15, 0.2) is 23.1 Å². The standard InChI is InChI=1S/C15H17F2NO3S/c1-21-15(20)13-4-2-3-7-18(13)14(19)9-22-10-5-6-11(16)12(17)8-10/h5-6,8,13H,2-4,7,9H2,1H3. The molecule has 0 aliphatic carbocycles. The van der Waals surface area contributed by atoms with Gasteiger partial charge in [-0.3, -0.25) is 4.79 Å². The lowest BCUT2D eigenvalue weighted by Crippen LogP contribution is -2.49. The molecule has 1 heterocycles. The number of carbonyl (C=O) groups excluding carboxylic acids is 2. The molecule has 1 aliphatic rings. The second-order valence-electron chi connectivity index (χ2n) is 4.99. The van der Waals surface area contributed by atoms with Crippen LogP contribution < -0.4 is 0 Å². The van der Waals surface area contributed by atoms with Crippen LogP contribution in [0.5, 0.6) is 0 Å². The number of thioether (sulfide) groups is 1. The van der Waals surface area contributed by atoms with Crippen LogP contribution in [0.3, 0.4) is 0 Å². The molecule has 1 unspecified atom stereocenters. The fourth-order valence-electron chi connectivity index (χ4n) is 2.41. The molecule has 1 fully saturated rings. The van der Waals surface area contributed by atoms with Crippen molar-refractivity contribution in [2.75, 3.05) is 19.4 Å². The lowest BCUT2D eigenvalue weighted by Gasteiger charge is -2.33. The third kappa shape index (κ3) is 3.97. The van der Waals surface area contributed by atoms with Crippen molar-refractivity contribution in [1.82, 2.24) is 4.90 Å². The highest BCUT2D eigenvalue weighted by Gasteiger charge is 2.32. The Kier molecular flexibility index (Phi) is 5.76. The Morgan fingerprint density at radius 3 is 2.77 bits per heavy atom. The Hall–Kier alpha value is -1.63. The van der Waals surface area contributed by atoms with Gasteiger partial charge in [0.05, 0.1) is 12.9 Å². The van der Waals surface area contributed by atoms with E-state index in [1.165, 1.54) is 18.1 Å². The highest BCUT2D eigenvalue weighted by molar-refractivity contribution is 8.00. The third-order valence-electron chi connectivity index (χ3n) is 3.55. The molecule has 2 rings (SSSR count). The monoisotopic (exact) mass is 329 g/mol. The maximum atomic E-state index is 13.1. The Morgan fingerprint density at radius 2 is 2.09 bits per heavy atom. The first-order valence-electron chi connectivity index (χ1n) is 6.98. The molecule has 0 spiro atoms. The smallest absolute Gasteiger partial charge is 0.328 e. The molecule has 120 valence electrons. The molecule has 1 aromatic carbocycles. The number of piperidine rings is 1. The zero-order valence-corrected chi connectivity index (χ0v) is 13.0. The molecule has 22 heavy (non-hydrogen) atoms. The molecule has 1 saturated heterocycles. The molecule has 1 atom stereocenters. The van der Waals surface area contributed by atoms with E-state index in [1.807, 2.05) is 0 Å². The number of methoxy groups -OCH3 is 1. The van der Waals surface area contributed by atoms with Gasteiger partial charge in [-0.25, -0.2) is 13.6 Å². The van der Waals surface area contributed by atoms with E-state index in [1.54, 1.807) is 0 Å². The fraction of sp³-hybridized carbons (Fsp3) is 0.467. The van der Waals surface area contributed by atoms with Gasteiger partial charge in [-0.15, -0.1) is 11.8 Å². The van der Waals surface area contributed by atoms with Gasteiger partial charge in [0.15, 0.2) is 11.6 Å². The Bertz CT molecular complexity index is 568. The molecule has 0 bridgehead atoms.